The number of hydrogen-bond donors (Lipinski definition) is 1. The molecule has 0 aromatic carbocycles. The molecule has 1 N–H and O–H groups in total. The minimum absolute atomic E-state index is 0.863. The molecule has 2 aromatic rings. The van der Waals surface area contributed by atoms with Gasteiger partial charge in [0.25, 0.3) is 0 Å². The van der Waals surface area contributed by atoms with Crippen molar-refractivity contribution in [1.29, 1.82) is 0 Å². The number of unbranched alkanes of at least 4 members (excludes halogenated alkanes) is 1. The molecule has 4 nitrogen and oxygen atoms in total. The van der Waals surface area contributed by atoms with Crippen molar-refractivity contribution in [1.82, 2.24) is 20.3 Å². The van der Waals surface area contributed by atoms with Crippen molar-refractivity contribution >= 4 is 11.3 Å². The molecule has 2 rings (SSSR count). The van der Waals surface area contributed by atoms with Crippen molar-refractivity contribution in [2.75, 3.05) is 6.54 Å². The SMILES string of the molecule is CCCCNCc1sc(-c2cnccn2)nc1CC. The third kappa shape index (κ3) is 3.81. The van der Waals surface area contributed by atoms with Gasteiger partial charge in [-0.05, 0) is 19.4 Å². The zero-order chi connectivity index (χ0) is 13.5. The van der Waals surface area contributed by atoms with Gasteiger partial charge in [0, 0.05) is 23.8 Å². The van der Waals surface area contributed by atoms with E-state index in [2.05, 4.69) is 34.1 Å². The van der Waals surface area contributed by atoms with Crippen LogP contribution in [-0.2, 0) is 13.0 Å². The highest BCUT2D eigenvalue weighted by Crippen LogP contribution is 2.26. The first kappa shape index (κ1) is 14.1. The van der Waals surface area contributed by atoms with Crippen LogP contribution in [0.3, 0.4) is 0 Å². The molecule has 0 spiro atoms. The Morgan fingerprint density at radius 1 is 1.26 bits per heavy atom. The maximum Gasteiger partial charge on any atom is 0.144 e. The first-order chi connectivity index (χ1) is 9.35. The molecule has 0 radical (unpaired) electrons. The van der Waals surface area contributed by atoms with Gasteiger partial charge in [-0.25, -0.2) is 4.98 Å². The molecule has 0 aliphatic rings. The van der Waals surface area contributed by atoms with Gasteiger partial charge in [0.1, 0.15) is 10.7 Å². The van der Waals surface area contributed by atoms with Crippen molar-refractivity contribution in [3.05, 3.63) is 29.2 Å². The van der Waals surface area contributed by atoms with Gasteiger partial charge in [-0.15, -0.1) is 11.3 Å². The van der Waals surface area contributed by atoms with Gasteiger partial charge < -0.3 is 5.32 Å². The molecule has 0 atom stereocenters. The third-order valence-electron chi connectivity index (χ3n) is 2.89. The standard InChI is InChI=1S/C14H20N4S/c1-3-5-6-15-10-13-11(4-2)18-14(19-13)12-9-16-7-8-17-12/h7-9,15H,3-6,10H2,1-2H3. The molecular formula is C14H20N4S. The molecule has 0 saturated heterocycles. The summed E-state index contributed by atoms with van der Waals surface area (Å²) in [6.07, 6.45) is 8.57. The number of rotatable bonds is 7. The monoisotopic (exact) mass is 276 g/mol. The molecule has 0 fully saturated rings. The van der Waals surface area contributed by atoms with Crippen LogP contribution in [-0.4, -0.2) is 21.5 Å². The fraction of sp³-hybridized carbons (Fsp3) is 0.500. The summed E-state index contributed by atoms with van der Waals surface area (Å²) in [7, 11) is 0. The van der Waals surface area contributed by atoms with Crippen LogP contribution >= 0.6 is 11.3 Å². The van der Waals surface area contributed by atoms with Gasteiger partial charge in [0.2, 0.25) is 0 Å². The van der Waals surface area contributed by atoms with Gasteiger partial charge in [-0.1, -0.05) is 20.3 Å². The molecule has 0 saturated carbocycles. The highest BCUT2D eigenvalue weighted by molar-refractivity contribution is 7.15. The van der Waals surface area contributed by atoms with E-state index in [1.54, 1.807) is 29.9 Å². The van der Waals surface area contributed by atoms with E-state index in [1.165, 1.54) is 23.4 Å². The molecule has 0 bridgehead atoms. The lowest BCUT2D eigenvalue weighted by atomic mass is 10.3. The van der Waals surface area contributed by atoms with E-state index < -0.39 is 0 Å². The summed E-state index contributed by atoms with van der Waals surface area (Å²) in [4.78, 5) is 14.4. The molecule has 0 aliphatic heterocycles. The van der Waals surface area contributed by atoms with Gasteiger partial charge in [0.15, 0.2) is 0 Å². The second kappa shape index (κ2) is 7.31. The lowest BCUT2D eigenvalue weighted by molar-refractivity contribution is 0.642. The fourth-order valence-electron chi connectivity index (χ4n) is 1.82. The fourth-order valence-corrected chi connectivity index (χ4v) is 2.90. The largest absolute Gasteiger partial charge is 0.312 e. The van der Waals surface area contributed by atoms with E-state index in [1.807, 2.05) is 0 Å². The van der Waals surface area contributed by atoms with Gasteiger partial charge >= 0.3 is 0 Å². The first-order valence-electron chi connectivity index (χ1n) is 6.80. The van der Waals surface area contributed by atoms with E-state index in [-0.39, 0.29) is 0 Å². The number of nitrogens with one attached hydrogen (secondary N) is 1. The number of aryl methyl sites for hydroxylation is 1. The molecule has 2 aromatic heterocycles. The van der Waals surface area contributed by atoms with E-state index >= 15 is 0 Å². The van der Waals surface area contributed by atoms with Crippen LogP contribution in [0.5, 0.6) is 0 Å². The van der Waals surface area contributed by atoms with Crippen LogP contribution in [0.25, 0.3) is 10.7 Å². The second-order valence-electron chi connectivity index (χ2n) is 4.36. The number of nitrogens with zero attached hydrogens (tertiary/aromatic N) is 3. The van der Waals surface area contributed by atoms with Crippen LogP contribution in [0.15, 0.2) is 18.6 Å². The lowest BCUT2D eigenvalue weighted by Crippen LogP contribution is -2.14. The highest BCUT2D eigenvalue weighted by Gasteiger charge is 2.11. The molecule has 2 heterocycles. The van der Waals surface area contributed by atoms with E-state index in [9.17, 15) is 0 Å². The quantitative estimate of drug-likeness (QED) is 0.790. The van der Waals surface area contributed by atoms with Crippen LogP contribution in [0.4, 0.5) is 0 Å². The summed E-state index contributed by atoms with van der Waals surface area (Å²) < 4.78 is 0. The maximum absolute atomic E-state index is 4.67. The average Bonchev–Trinajstić information content (AvgIpc) is 2.88. The number of aromatic nitrogens is 3. The van der Waals surface area contributed by atoms with Crippen LogP contribution in [0.2, 0.25) is 0 Å². The second-order valence-corrected chi connectivity index (χ2v) is 5.45. The minimum atomic E-state index is 0.863. The molecule has 0 amide bonds. The Kier molecular flexibility index (Phi) is 5.42. The molecule has 0 aliphatic carbocycles. The van der Waals surface area contributed by atoms with Crippen molar-refractivity contribution in [2.24, 2.45) is 0 Å². The van der Waals surface area contributed by atoms with Crippen molar-refractivity contribution in [3.63, 3.8) is 0 Å². The highest BCUT2D eigenvalue weighted by atomic mass is 32.1. The van der Waals surface area contributed by atoms with Gasteiger partial charge in [0.05, 0.1) is 11.9 Å². The van der Waals surface area contributed by atoms with Crippen molar-refractivity contribution in [2.45, 2.75) is 39.7 Å². The lowest BCUT2D eigenvalue weighted by Gasteiger charge is -2.02. The van der Waals surface area contributed by atoms with Crippen LogP contribution in [0.1, 0.15) is 37.3 Å². The molecular weight excluding hydrogens is 256 g/mol. The summed E-state index contributed by atoms with van der Waals surface area (Å²) in [5, 5.41) is 4.45. The third-order valence-corrected chi connectivity index (χ3v) is 4.01. The minimum Gasteiger partial charge on any atom is -0.312 e. The molecule has 19 heavy (non-hydrogen) atoms. The summed E-state index contributed by atoms with van der Waals surface area (Å²) in [6.45, 7) is 6.32. The zero-order valence-corrected chi connectivity index (χ0v) is 12.3. The number of hydrogen-bond acceptors (Lipinski definition) is 5. The molecule has 102 valence electrons. The summed E-state index contributed by atoms with van der Waals surface area (Å²) in [5.41, 5.74) is 2.04. The van der Waals surface area contributed by atoms with E-state index in [0.717, 1.165) is 30.2 Å². The van der Waals surface area contributed by atoms with E-state index in [4.69, 9.17) is 0 Å². The molecule has 5 heteroatoms. The van der Waals surface area contributed by atoms with Gasteiger partial charge in [-0.3, -0.25) is 9.97 Å². The predicted molar refractivity (Wildman–Crippen MR) is 79.1 cm³/mol. The zero-order valence-electron chi connectivity index (χ0n) is 11.5. The Labute approximate surface area is 118 Å². The van der Waals surface area contributed by atoms with Crippen molar-refractivity contribution < 1.29 is 0 Å². The Balaban J connectivity index is 2.09. The summed E-state index contributed by atoms with van der Waals surface area (Å²) in [5.74, 6) is 0. The Morgan fingerprint density at radius 3 is 2.84 bits per heavy atom. The maximum atomic E-state index is 4.67. The Morgan fingerprint density at radius 2 is 2.16 bits per heavy atom. The van der Waals surface area contributed by atoms with Crippen LogP contribution in [0, 0.1) is 0 Å². The predicted octanol–water partition coefficient (Wildman–Crippen LogP) is 3.05. The first-order valence-corrected chi connectivity index (χ1v) is 7.62. The van der Waals surface area contributed by atoms with E-state index in [0.29, 0.717) is 0 Å². The van der Waals surface area contributed by atoms with Gasteiger partial charge in [-0.2, -0.15) is 0 Å². The Hall–Kier alpha value is -1.33. The number of thiazole rings is 1. The normalized spacial score (nSPS) is 10.8. The average molecular weight is 276 g/mol. The topological polar surface area (TPSA) is 50.7 Å². The Bertz CT molecular complexity index is 495. The molecule has 0 unspecified atom stereocenters. The van der Waals surface area contributed by atoms with Crippen LogP contribution < -0.4 is 5.32 Å². The van der Waals surface area contributed by atoms with Crippen molar-refractivity contribution in [3.8, 4) is 10.7 Å². The smallest absolute Gasteiger partial charge is 0.144 e. The summed E-state index contributed by atoms with van der Waals surface area (Å²) in [6, 6.07) is 0. The summed E-state index contributed by atoms with van der Waals surface area (Å²) >= 11 is 1.72.